The maximum atomic E-state index is 12.5. The van der Waals surface area contributed by atoms with E-state index in [0.29, 0.717) is 11.8 Å². The van der Waals surface area contributed by atoms with Gasteiger partial charge in [-0.25, -0.2) is 0 Å². The molecule has 2 N–H and O–H groups in total. The molecule has 5 aliphatic rings. The molecule has 1 aliphatic heterocycles. The number of nitrogens with two attached hydrogens (primary N) is 1. The van der Waals surface area contributed by atoms with Gasteiger partial charge in [0, 0.05) is 0 Å². The topological polar surface area (TPSA) is 46.3 Å². The second kappa shape index (κ2) is 4.21. The van der Waals surface area contributed by atoms with Crippen LogP contribution in [0, 0.1) is 23.7 Å². The molecule has 1 amide bonds. The van der Waals surface area contributed by atoms with Gasteiger partial charge >= 0.3 is 0 Å². The van der Waals surface area contributed by atoms with Crippen molar-refractivity contribution < 1.29 is 4.79 Å². The summed E-state index contributed by atoms with van der Waals surface area (Å²) >= 11 is 0. The maximum Gasteiger partial charge on any atom is 0.238 e. The summed E-state index contributed by atoms with van der Waals surface area (Å²) in [6.45, 7) is 2.20. The molecule has 5 rings (SSSR count). The van der Waals surface area contributed by atoms with Crippen LogP contribution in [0.15, 0.2) is 0 Å². The highest BCUT2D eigenvalue weighted by molar-refractivity contribution is 5.86. The highest BCUT2D eigenvalue weighted by Gasteiger charge is 2.62. The molecule has 1 saturated heterocycles. The number of amides is 1. The number of likely N-dealkylation sites (tertiary alicyclic amines) is 1. The molecule has 3 nitrogen and oxygen atoms in total. The molecule has 0 radical (unpaired) electrons. The molecule has 1 heterocycles. The van der Waals surface area contributed by atoms with Crippen LogP contribution in [-0.4, -0.2) is 29.4 Å². The molecule has 0 unspecified atom stereocenters. The molecule has 4 saturated carbocycles. The molecule has 0 aromatic rings. The molecule has 0 atom stereocenters. The van der Waals surface area contributed by atoms with Crippen molar-refractivity contribution in [2.75, 3.05) is 13.1 Å². The van der Waals surface area contributed by atoms with E-state index in [0.717, 1.165) is 24.9 Å². The van der Waals surface area contributed by atoms with Gasteiger partial charge in [-0.15, -0.1) is 0 Å². The number of hydrogen-bond donors (Lipinski definition) is 1. The molecule has 3 heteroatoms. The molecule has 5 fully saturated rings. The second-order valence-electron chi connectivity index (χ2n) is 7.54. The molecule has 4 bridgehead atoms. The highest BCUT2D eigenvalue weighted by atomic mass is 16.1. The summed E-state index contributed by atoms with van der Waals surface area (Å²) in [5.41, 5.74) is 5.75. The SMILES string of the molecule is NC(=O)C1(N2CCCCC2)C2CC3CC(C2)CC1C3. The van der Waals surface area contributed by atoms with Gasteiger partial charge in [-0.05, 0) is 81.7 Å². The minimum Gasteiger partial charge on any atom is -0.368 e. The number of piperidine rings is 1. The molecule has 106 valence electrons. The Hall–Kier alpha value is -0.570. The summed E-state index contributed by atoms with van der Waals surface area (Å²) in [5, 5.41) is 0. The summed E-state index contributed by atoms with van der Waals surface area (Å²) in [6.07, 6.45) is 10.3. The van der Waals surface area contributed by atoms with Crippen LogP contribution in [0.4, 0.5) is 0 Å². The Morgan fingerprint density at radius 1 is 0.895 bits per heavy atom. The van der Waals surface area contributed by atoms with Crippen LogP contribution in [0.1, 0.15) is 51.4 Å². The summed E-state index contributed by atoms with van der Waals surface area (Å²) in [6, 6.07) is 0. The summed E-state index contributed by atoms with van der Waals surface area (Å²) in [4.78, 5) is 15.0. The number of primary amides is 1. The Balaban J connectivity index is 1.72. The highest BCUT2D eigenvalue weighted by Crippen LogP contribution is 2.60. The van der Waals surface area contributed by atoms with Gasteiger partial charge in [0.1, 0.15) is 5.54 Å². The molecule has 4 aliphatic carbocycles. The van der Waals surface area contributed by atoms with E-state index in [1.54, 1.807) is 0 Å². The monoisotopic (exact) mass is 262 g/mol. The Morgan fingerprint density at radius 2 is 1.42 bits per heavy atom. The van der Waals surface area contributed by atoms with E-state index >= 15 is 0 Å². The lowest BCUT2D eigenvalue weighted by Crippen LogP contribution is -2.72. The minimum atomic E-state index is -0.256. The Kier molecular flexibility index (Phi) is 2.70. The van der Waals surface area contributed by atoms with Crippen molar-refractivity contribution in [3.8, 4) is 0 Å². The van der Waals surface area contributed by atoms with Crippen molar-refractivity contribution in [1.82, 2.24) is 4.90 Å². The van der Waals surface area contributed by atoms with Crippen LogP contribution >= 0.6 is 0 Å². The second-order valence-corrected chi connectivity index (χ2v) is 7.54. The quantitative estimate of drug-likeness (QED) is 0.829. The molecular weight excluding hydrogens is 236 g/mol. The largest absolute Gasteiger partial charge is 0.368 e. The first-order valence-electron chi connectivity index (χ1n) is 8.26. The summed E-state index contributed by atoms with van der Waals surface area (Å²) in [7, 11) is 0. The fourth-order valence-electron chi connectivity index (χ4n) is 6.24. The van der Waals surface area contributed by atoms with E-state index in [-0.39, 0.29) is 11.4 Å². The lowest BCUT2D eigenvalue weighted by atomic mass is 9.47. The van der Waals surface area contributed by atoms with Gasteiger partial charge in [-0.1, -0.05) is 6.42 Å². The maximum absolute atomic E-state index is 12.5. The van der Waals surface area contributed by atoms with Crippen molar-refractivity contribution in [3.05, 3.63) is 0 Å². The van der Waals surface area contributed by atoms with Crippen LogP contribution in [-0.2, 0) is 4.79 Å². The van der Waals surface area contributed by atoms with Crippen molar-refractivity contribution in [2.45, 2.75) is 56.9 Å². The Morgan fingerprint density at radius 3 is 1.89 bits per heavy atom. The van der Waals surface area contributed by atoms with E-state index in [4.69, 9.17) is 5.73 Å². The normalized spacial score (nSPS) is 49.5. The Labute approximate surface area is 115 Å². The number of carbonyl (C=O) groups excluding carboxylic acids is 1. The van der Waals surface area contributed by atoms with Gasteiger partial charge in [0.05, 0.1) is 0 Å². The molecular formula is C16H26N2O. The first-order valence-corrected chi connectivity index (χ1v) is 8.26. The molecule has 0 aromatic carbocycles. The molecule has 0 aromatic heterocycles. The number of rotatable bonds is 2. The van der Waals surface area contributed by atoms with Crippen molar-refractivity contribution >= 4 is 5.91 Å². The predicted octanol–water partition coefficient (Wildman–Crippen LogP) is 2.15. The predicted molar refractivity (Wildman–Crippen MR) is 74.4 cm³/mol. The van der Waals surface area contributed by atoms with Crippen molar-refractivity contribution in [1.29, 1.82) is 0 Å². The zero-order valence-electron chi connectivity index (χ0n) is 11.8. The van der Waals surface area contributed by atoms with E-state index in [2.05, 4.69) is 4.90 Å². The fourth-order valence-corrected chi connectivity index (χ4v) is 6.24. The fraction of sp³-hybridized carbons (Fsp3) is 0.938. The van der Waals surface area contributed by atoms with Gasteiger partial charge in [-0.3, -0.25) is 9.69 Å². The van der Waals surface area contributed by atoms with Gasteiger partial charge in [0.25, 0.3) is 0 Å². The van der Waals surface area contributed by atoms with E-state index in [9.17, 15) is 4.79 Å². The lowest BCUT2D eigenvalue weighted by Gasteiger charge is -2.63. The zero-order chi connectivity index (χ0) is 13.0. The van der Waals surface area contributed by atoms with Crippen LogP contribution in [0.25, 0.3) is 0 Å². The molecule has 0 spiro atoms. The van der Waals surface area contributed by atoms with Crippen LogP contribution in [0.5, 0.6) is 0 Å². The van der Waals surface area contributed by atoms with Crippen LogP contribution in [0.3, 0.4) is 0 Å². The molecule has 19 heavy (non-hydrogen) atoms. The number of nitrogens with zero attached hydrogens (tertiary/aromatic N) is 1. The first-order chi connectivity index (χ1) is 9.21. The standard InChI is InChI=1S/C16H26N2O/c17-15(19)16(18-4-2-1-3-5-18)13-7-11-6-12(9-13)10-14(16)8-11/h11-14H,1-10H2,(H2,17,19). The van der Waals surface area contributed by atoms with E-state index < -0.39 is 0 Å². The van der Waals surface area contributed by atoms with Gasteiger partial charge < -0.3 is 5.73 Å². The van der Waals surface area contributed by atoms with Crippen LogP contribution < -0.4 is 5.73 Å². The van der Waals surface area contributed by atoms with Crippen molar-refractivity contribution in [3.63, 3.8) is 0 Å². The average Bonchev–Trinajstić information content (AvgIpc) is 2.39. The lowest BCUT2D eigenvalue weighted by molar-refractivity contribution is -0.167. The first kappa shape index (κ1) is 12.2. The van der Waals surface area contributed by atoms with Crippen LogP contribution in [0.2, 0.25) is 0 Å². The summed E-state index contributed by atoms with van der Waals surface area (Å²) < 4.78 is 0. The number of hydrogen-bond acceptors (Lipinski definition) is 2. The van der Waals surface area contributed by atoms with E-state index in [1.807, 2.05) is 0 Å². The third kappa shape index (κ3) is 1.57. The average molecular weight is 262 g/mol. The third-order valence-corrected chi connectivity index (χ3v) is 6.66. The third-order valence-electron chi connectivity index (χ3n) is 6.66. The van der Waals surface area contributed by atoms with E-state index in [1.165, 1.54) is 51.4 Å². The van der Waals surface area contributed by atoms with Crippen molar-refractivity contribution in [2.24, 2.45) is 29.4 Å². The smallest absolute Gasteiger partial charge is 0.238 e. The zero-order valence-corrected chi connectivity index (χ0v) is 11.8. The van der Waals surface area contributed by atoms with Gasteiger partial charge in [0.2, 0.25) is 5.91 Å². The minimum absolute atomic E-state index is 0.00296. The Bertz CT molecular complexity index is 353. The summed E-state index contributed by atoms with van der Waals surface area (Å²) in [5.74, 6) is 2.95. The van der Waals surface area contributed by atoms with Gasteiger partial charge in [-0.2, -0.15) is 0 Å². The number of carbonyl (C=O) groups is 1. The van der Waals surface area contributed by atoms with Gasteiger partial charge in [0.15, 0.2) is 0 Å².